The maximum Gasteiger partial charge on any atom is 0.265 e. The van der Waals surface area contributed by atoms with Crippen LogP contribution in [0, 0.1) is 0 Å². The van der Waals surface area contributed by atoms with Crippen LogP contribution in [-0.2, 0) is 14.8 Å². The first kappa shape index (κ1) is 20.6. The predicted molar refractivity (Wildman–Crippen MR) is 106 cm³/mol. The molecule has 8 heteroatoms. The van der Waals surface area contributed by atoms with Gasteiger partial charge in [-0.1, -0.05) is 12.1 Å². The Morgan fingerprint density at radius 1 is 1.15 bits per heavy atom. The number of amides is 1. The molecular formula is C19H24N2O5S. The van der Waals surface area contributed by atoms with Crippen molar-refractivity contribution in [2.45, 2.75) is 20.0 Å². The van der Waals surface area contributed by atoms with E-state index in [0.717, 1.165) is 10.6 Å². The number of para-hydroxylation sites is 2. The van der Waals surface area contributed by atoms with Crippen molar-refractivity contribution in [2.75, 3.05) is 29.5 Å². The molecule has 1 amide bonds. The minimum Gasteiger partial charge on any atom is -0.492 e. The second-order valence-electron chi connectivity index (χ2n) is 5.90. The first-order valence-electron chi connectivity index (χ1n) is 8.45. The largest absolute Gasteiger partial charge is 0.492 e. The smallest absolute Gasteiger partial charge is 0.265 e. The molecular weight excluding hydrogens is 368 g/mol. The molecule has 0 heterocycles. The summed E-state index contributed by atoms with van der Waals surface area (Å²) in [5.74, 6) is 0.731. The maximum absolute atomic E-state index is 12.4. The SMILES string of the molecule is CCOc1ccccc1NC(=O)C(C)Oc1ccc(N(C)S(C)(=O)=O)cc1. The highest BCUT2D eigenvalue weighted by atomic mass is 32.2. The summed E-state index contributed by atoms with van der Waals surface area (Å²) in [7, 11) is -1.86. The van der Waals surface area contributed by atoms with E-state index in [1.54, 1.807) is 49.4 Å². The van der Waals surface area contributed by atoms with E-state index < -0.39 is 16.1 Å². The number of benzene rings is 2. The Bertz CT molecular complexity index is 881. The number of nitrogens with one attached hydrogen (secondary N) is 1. The van der Waals surface area contributed by atoms with E-state index in [1.807, 2.05) is 13.0 Å². The molecule has 1 atom stereocenters. The van der Waals surface area contributed by atoms with Crippen molar-refractivity contribution < 1.29 is 22.7 Å². The Balaban J connectivity index is 2.02. The van der Waals surface area contributed by atoms with Crippen molar-refractivity contribution in [2.24, 2.45) is 0 Å². The molecule has 7 nitrogen and oxygen atoms in total. The Kier molecular flexibility index (Phi) is 6.68. The van der Waals surface area contributed by atoms with E-state index in [4.69, 9.17) is 9.47 Å². The number of ether oxygens (including phenoxy) is 2. The maximum atomic E-state index is 12.4. The zero-order valence-electron chi connectivity index (χ0n) is 15.8. The highest BCUT2D eigenvalue weighted by Crippen LogP contribution is 2.25. The zero-order valence-corrected chi connectivity index (χ0v) is 16.6. The Labute approximate surface area is 160 Å². The van der Waals surface area contributed by atoms with Crippen molar-refractivity contribution in [3.8, 4) is 11.5 Å². The molecule has 27 heavy (non-hydrogen) atoms. The van der Waals surface area contributed by atoms with Crippen molar-refractivity contribution in [1.29, 1.82) is 0 Å². The molecule has 0 fully saturated rings. The summed E-state index contributed by atoms with van der Waals surface area (Å²) in [5, 5.41) is 2.79. The number of anilines is 2. The molecule has 2 aromatic carbocycles. The quantitative estimate of drug-likeness (QED) is 0.747. The van der Waals surface area contributed by atoms with Gasteiger partial charge in [-0.2, -0.15) is 0 Å². The van der Waals surface area contributed by atoms with Gasteiger partial charge in [-0.3, -0.25) is 9.10 Å². The van der Waals surface area contributed by atoms with Crippen molar-refractivity contribution in [3.63, 3.8) is 0 Å². The summed E-state index contributed by atoms with van der Waals surface area (Å²) in [6, 6.07) is 13.6. The summed E-state index contributed by atoms with van der Waals surface area (Å²) in [5.41, 5.74) is 1.08. The van der Waals surface area contributed by atoms with Gasteiger partial charge in [0, 0.05) is 7.05 Å². The number of carbonyl (C=O) groups excluding carboxylic acids is 1. The normalized spacial score (nSPS) is 12.1. The fourth-order valence-corrected chi connectivity index (χ4v) is 2.77. The number of hydrogen-bond acceptors (Lipinski definition) is 5. The number of nitrogens with zero attached hydrogens (tertiary/aromatic N) is 1. The van der Waals surface area contributed by atoms with E-state index in [9.17, 15) is 13.2 Å². The van der Waals surface area contributed by atoms with Gasteiger partial charge in [-0.05, 0) is 50.2 Å². The Hall–Kier alpha value is -2.74. The van der Waals surface area contributed by atoms with Gasteiger partial charge in [0.15, 0.2) is 6.10 Å². The molecule has 0 bridgehead atoms. The van der Waals surface area contributed by atoms with Gasteiger partial charge in [0.05, 0.1) is 24.2 Å². The lowest BCUT2D eigenvalue weighted by molar-refractivity contribution is -0.122. The summed E-state index contributed by atoms with van der Waals surface area (Å²) in [6.07, 6.45) is 0.377. The van der Waals surface area contributed by atoms with Gasteiger partial charge >= 0.3 is 0 Å². The average Bonchev–Trinajstić information content (AvgIpc) is 2.62. The van der Waals surface area contributed by atoms with E-state index in [2.05, 4.69) is 5.32 Å². The van der Waals surface area contributed by atoms with E-state index in [0.29, 0.717) is 29.5 Å². The molecule has 2 aromatic rings. The van der Waals surface area contributed by atoms with Gasteiger partial charge in [-0.25, -0.2) is 8.42 Å². The summed E-state index contributed by atoms with van der Waals surface area (Å²) >= 11 is 0. The van der Waals surface area contributed by atoms with E-state index in [-0.39, 0.29) is 5.91 Å². The monoisotopic (exact) mass is 392 g/mol. The molecule has 0 saturated carbocycles. The van der Waals surface area contributed by atoms with Crippen LogP contribution in [0.5, 0.6) is 11.5 Å². The van der Waals surface area contributed by atoms with Gasteiger partial charge < -0.3 is 14.8 Å². The Morgan fingerprint density at radius 3 is 2.37 bits per heavy atom. The number of hydrogen-bond donors (Lipinski definition) is 1. The molecule has 0 spiro atoms. The van der Waals surface area contributed by atoms with Crippen LogP contribution in [0.3, 0.4) is 0 Å². The first-order valence-corrected chi connectivity index (χ1v) is 10.3. The fraction of sp³-hybridized carbons (Fsp3) is 0.316. The average molecular weight is 392 g/mol. The highest BCUT2D eigenvalue weighted by molar-refractivity contribution is 7.92. The Morgan fingerprint density at radius 2 is 1.78 bits per heavy atom. The highest BCUT2D eigenvalue weighted by Gasteiger charge is 2.17. The summed E-state index contributed by atoms with van der Waals surface area (Å²) in [4.78, 5) is 12.4. The number of rotatable bonds is 8. The van der Waals surface area contributed by atoms with Crippen LogP contribution in [0.4, 0.5) is 11.4 Å². The second-order valence-corrected chi connectivity index (χ2v) is 7.92. The van der Waals surface area contributed by atoms with Crippen molar-refractivity contribution in [3.05, 3.63) is 48.5 Å². The predicted octanol–water partition coefficient (Wildman–Crippen LogP) is 2.89. The van der Waals surface area contributed by atoms with Crippen LogP contribution in [0.2, 0.25) is 0 Å². The molecule has 1 unspecified atom stereocenters. The summed E-state index contributed by atoms with van der Waals surface area (Å²) in [6.45, 7) is 4.00. The van der Waals surface area contributed by atoms with Crippen LogP contribution >= 0.6 is 0 Å². The van der Waals surface area contributed by atoms with Gasteiger partial charge in [-0.15, -0.1) is 0 Å². The summed E-state index contributed by atoms with van der Waals surface area (Å²) < 4.78 is 35.4. The zero-order chi connectivity index (χ0) is 20.0. The van der Waals surface area contributed by atoms with Crippen LogP contribution in [0.15, 0.2) is 48.5 Å². The molecule has 0 saturated heterocycles. The molecule has 1 N–H and O–H groups in total. The molecule has 0 radical (unpaired) electrons. The third-order valence-corrected chi connectivity index (χ3v) is 5.03. The number of sulfonamides is 1. The standard InChI is InChI=1S/C19H24N2O5S/c1-5-25-18-9-7-6-8-17(18)20-19(22)14(2)26-16-12-10-15(11-13-16)21(3)27(4,23)24/h6-14H,5H2,1-4H3,(H,20,22). The van der Waals surface area contributed by atoms with Crippen LogP contribution in [-0.4, -0.2) is 40.3 Å². The molecule has 0 aliphatic heterocycles. The molecule has 0 aliphatic carbocycles. The minimum atomic E-state index is -3.33. The van der Waals surface area contributed by atoms with Crippen molar-refractivity contribution in [1.82, 2.24) is 0 Å². The molecule has 2 rings (SSSR count). The topological polar surface area (TPSA) is 84.9 Å². The second kappa shape index (κ2) is 8.77. The fourth-order valence-electron chi connectivity index (χ4n) is 2.27. The van der Waals surface area contributed by atoms with Crippen LogP contribution in [0.1, 0.15) is 13.8 Å². The van der Waals surface area contributed by atoms with E-state index in [1.165, 1.54) is 7.05 Å². The first-order chi connectivity index (χ1) is 12.7. The lowest BCUT2D eigenvalue weighted by Crippen LogP contribution is -2.30. The lowest BCUT2D eigenvalue weighted by Gasteiger charge is -2.18. The van der Waals surface area contributed by atoms with Gasteiger partial charge in [0.2, 0.25) is 10.0 Å². The molecule has 0 aliphatic rings. The van der Waals surface area contributed by atoms with Crippen molar-refractivity contribution >= 4 is 27.3 Å². The lowest BCUT2D eigenvalue weighted by atomic mass is 10.2. The third kappa shape index (κ3) is 5.62. The third-order valence-electron chi connectivity index (χ3n) is 3.82. The molecule has 0 aromatic heterocycles. The number of carbonyl (C=O) groups is 1. The van der Waals surface area contributed by atoms with E-state index >= 15 is 0 Å². The van der Waals surface area contributed by atoms with Gasteiger partial charge in [0.25, 0.3) is 5.91 Å². The van der Waals surface area contributed by atoms with Gasteiger partial charge in [0.1, 0.15) is 11.5 Å². The molecule has 146 valence electrons. The minimum absolute atomic E-state index is 0.320. The van der Waals surface area contributed by atoms with Crippen LogP contribution in [0.25, 0.3) is 0 Å². The van der Waals surface area contributed by atoms with Crippen LogP contribution < -0.4 is 19.1 Å².